The van der Waals surface area contributed by atoms with Crippen molar-refractivity contribution in [1.82, 2.24) is 0 Å². The van der Waals surface area contributed by atoms with E-state index in [4.69, 9.17) is 5.11 Å². The summed E-state index contributed by atoms with van der Waals surface area (Å²) < 4.78 is 66.3. The summed E-state index contributed by atoms with van der Waals surface area (Å²) in [6, 6.07) is 1.60. The maximum Gasteiger partial charge on any atom is 0.335 e. The Labute approximate surface area is 114 Å². The van der Waals surface area contributed by atoms with Crippen LogP contribution in [0.4, 0.5) is 33.3 Å². The van der Waals surface area contributed by atoms with Gasteiger partial charge in [-0.1, -0.05) is 0 Å². The molecule has 2 aromatic rings. The molecule has 110 valence electrons. The number of nitrogens with one attached hydrogen (secondary N) is 1. The Hall–Kier alpha value is -2.64. The van der Waals surface area contributed by atoms with Crippen molar-refractivity contribution in [1.29, 1.82) is 0 Å². The van der Waals surface area contributed by atoms with Crippen molar-refractivity contribution >= 4 is 17.3 Å². The van der Waals surface area contributed by atoms with Gasteiger partial charge in [0.05, 0.1) is 11.3 Å². The van der Waals surface area contributed by atoms with Gasteiger partial charge in [0, 0.05) is 12.1 Å². The zero-order valence-electron chi connectivity index (χ0n) is 10.1. The molecule has 0 aromatic heterocycles. The molecule has 0 atom stereocenters. The van der Waals surface area contributed by atoms with Gasteiger partial charge in [0.2, 0.25) is 0 Å². The molecule has 0 fully saturated rings. The fourth-order valence-corrected chi connectivity index (χ4v) is 1.57. The first kappa shape index (κ1) is 14.8. The normalized spacial score (nSPS) is 10.5. The minimum absolute atomic E-state index is 0.207. The number of carbonyl (C=O) groups is 1. The van der Waals surface area contributed by atoms with Crippen LogP contribution in [0.15, 0.2) is 24.3 Å². The molecule has 0 unspecified atom stereocenters. The lowest BCUT2D eigenvalue weighted by Gasteiger charge is -2.11. The molecule has 0 bridgehead atoms. The van der Waals surface area contributed by atoms with Crippen molar-refractivity contribution in [3.63, 3.8) is 0 Å². The van der Waals surface area contributed by atoms with Gasteiger partial charge in [-0.2, -0.15) is 0 Å². The van der Waals surface area contributed by atoms with Gasteiger partial charge < -0.3 is 10.4 Å². The van der Waals surface area contributed by atoms with Gasteiger partial charge in [0.15, 0.2) is 23.3 Å². The van der Waals surface area contributed by atoms with Crippen molar-refractivity contribution in [2.45, 2.75) is 0 Å². The van der Waals surface area contributed by atoms with E-state index in [0.717, 1.165) is 0 Å². The number of hydrogen-bond acceptors (Lipinski definition) is 2. The highest BCUT2D eigenvalue weighted by Gasteiger charge is 2.17. The highest BCUT2D eigenvalue weighted by Crippen LogP contribution is 2.27. The smallest absolute Gasteiger partial charge is 0.335 e. The summed E-state index contributed by atoms with van der Waals surface area (Å²) in [6.45, 7) is 0. The van der Waals surface area contributed by atoms with Gasteiger partial charge in [0.1, 0.15) is 11.5 Å². The maximum absolute atomic E-state index is 13.6. The fraction of sp³-hybridized carbons (Fsp3) is 0. The van der Waals surface area contributed by atoms with Crippen LogP contribution in [0.25, 0.3) is 0 Å². The fourth-order valence-electron chi connectivity index (χ4n) is 1.57. The summed E-state index contributed by atoms with van der Waals surface area (Å²) in [5.74, 6) is -8.34. The molecule has 0 heterocycles. The number of aromatic carboxylic acids is 1. The molecule has 0 aliphatic heterocycles. The van der Waals surface area contributed by atoms with Crippen molar-refractivity contribution in [2.24, 2.45) is 0 Å². The zero-order chi connectivity index (χ0) is 15.7. The summed E-state index contributed by atoms with van der Waals surface area (Å²) in [5, 5.41) is 10.5. The minimum atomic E-state index is -1.56. The maximum atomic E-state index is 13.6. The summed E-state index contributed by atoms with van der Waals surface area (Å²) in [7, 11) is 0. The molecule has 0 radical (unpaired) electrons. The van der Waals surface area contributed by atoms with Crippen LogP contribution in [0.5, 0.6) is 0 Å². The summed E-state index contributed by atoms with van der Waals surface area (Å²) >= 11 is 0. The molecule has 8 heteroatoms. The van der Waals surface area contributed by atoms with Crippen LogP contribution in [0.2, 0.25) is 0 Å². The van der Waals surface area contributed by atoms with Gasteiger partial charge >= 0.3 is 5.97 Å². The third kappa shape index (κ3) is 2.93. The van der Waals surface area contributed by atoms with E-state index in [1.54, 1.807) is 0 Å². The minimum Gasteiger partial charge on any atom is -0.478 e. The molecule has 3 nitrogen and oxygen atoms in total. The van der Waals surface area contributed by atoms with E-state index in [1.165, 1.54) is 0 Å². The predicted molar refractivity (Wildman–Crippen MR) is 62.9 cm³/mol. The number of carboxylic acids is 1. The Bertz CT molecular complexity index is 710. The standard InChI is InChI=1S/C13H6F5NO2/c14-6-3-8(16)11(4-7(6)15)19-12-9(17)1-5(13(20)21)2-10(12)18/h1-4,19H,(H,20,21). The largest absolute Gasteiger partial charge is 0.478 e. The average Bonchev–Trinajstić information content (AvgIpc) is 2.39. The lowest BCUT2D eigenvalue weighted by atomic mass is 10.1. The first-order valence-electron chi connectivity index (χ1n) is 5.43. The average molecular weight is 303 g/mol. The van der Waals surface area contributed by atoms with Crippen LogP contribution < -0.4 is 5.32 Å². The van der Waals surface area contributed by atoms with Crippen molar-refractivity contribution in [3.05, 3.63) is 58.9 Å². The number of rotatable bonds is 3. The van der Waals surface area contributed by atoms with E-state index in [1.807, 2.05) is 5.32 Å². The van der Waals surface area contributed by atoms with E-state index in [0.29, 0.717) is 18.2 Å². The number of benzene rings is 2. The number of carboxylic acid groups (broad SMARTS) is 1. The van der Waals surface area contributed by atoms with Gasteiger partial charge in [-0.25, -0.2) is 26.7 Å². The van der Waals surface area contributed by atoms with E-state index in [2.05, 4.69) is 0 Å². The molecule has 0 aliphatic carbocycles. The lowest BCUT2D eigenvalue weighted by Crippen LogP contribution is -2.05. The zero-order valence-corrected chi connectivity index (χ0v) is 10.1. The van der Waals surface area contributed by atoms with Gasteiger partial charge in [-0.05, 0) is 12.1 Å². The molecule has 2 N–H and O–H groups in total. The van der Waals surface area contributed by atoms with E-state index >= 15 is 0 Å². The molecule has 0 saturated heterocycles. The quantitative estimate of drug-likeness (QED) is 0.669. The molecule has 2 aromatic carbocycles. The molecular formula is C13H6F5NO2. The van der Waals surface area contributed by atoms with Crippen LogP contribution in [-0.2, 0) is 0 Å². The Balaban J connectivity index is 2.45. The molecule has 2 rings (SSSR count). The molecule has 0 amide bonds. The van der Waals surface area contributed by atoms with Gasteiger partial charge in [-0.15, -0.1) is 0 Å². The third-order valence-electron chi connectivity index (χ3n) is 2.56. The first-order chi connectivity index (χ1) is 9.79. The van der Waals surface area contributed by atoms with Crippen molar-refractivity contribution < 1.29 is 31.9 Å². The number of halogens is 5. The lowest BCUT2D eigenvalue weighted by molar-refractivity contribution is 0.0696. The second kappa shape index (κ2) is 5.39. The Kier molecular flexibility index (Phi) is 3.79. The SMILES string of the molecule is O=C(O)c1cc(F)c(Nc2cc(F)c(F)cc2F)c(F)c1. The first-order valence-corrected chi connectivity index (χ1v) is 5.43. The summed E-state index contributed by atoms with van der Waals surface area (Å²) in [5.41, 5.74) is -2.24. The van der Waals surface area contributed by atoms with Crippen molar-refractivity contribution in [2.75, 3.05) is 5.32 Å². The number of hydrogen-bond donors (Lipinski definition) is 2. The molecule has 0 saturated carbocycles. The van der Waals surface area contributed by atoms with E-state index in [9.17, 15) is 26.7 Å². The predicted octanol–water partition coefficient (Wildman–Crippen LogP) is 3.82. The van der Waals surface area contributed by atoms with E-state index in [-0.39, 0.29) is 6.07 Å². The van der Waals surface area contributed by atoms with Crippen LogP contribution in [0.1, 0.15) is 10.4 Å². The third-order valence-corrected chi connectivity index (χ3v) is 2.56. The topological polar surface area (TPSA) is 49.3 Å². The van der Waals surface area contributed by atoms with Crippen LogP contribution in [-0.4, -0.2) is 11.1 Å². The second-order valence-corrected chi connectivity index (χ2v) is 3.99. The summed E-state index contributed by atoms with van der Waals surface area (Å²) in [6.07, 6.45) is 0. The highest BCUT2D eigenvalue weighted by atomic mass is 19.2. The Morgan fingerprint density at radius 2 is 1.33 bits per heavy atom. The molecule has 21 heavy (non-hydrogen) atoms. The monoisotopic (exact) mass is 303 g/mol. The molecule has 0 aliphatic rings. The van der Waals surface area contributed by atoms with Gasteiger partial charge in [0.25, 0.3) is 0 Å². The Morgan fingerprint density at radius 3 is 1.86 bits per heavy atom. The van der Waals surface area contributed by atoms with Crippen LogP contribution >= 0.6 is 0 Å². The van der Waals surface area contributed by atoms with Crippen LogP contribution in [0, 0.1) is 29.1 Å². The molecule has 0 spiro atoms. The molecular weight excluding hydrogens is 297 g/mol. The summed E-state index contributed by atoms with van der Waals surface area (Å²) in [4.78, 5) is 10.6. The highest BCUT2D eigenvalue weighted by molar-refractivity contribution is 5.88. The van der Waals surface area contributed by atoms with Crippen molar-refractivity contribution in [3.8, 4) is 0 Å². The second-order valence-electron chi connectivity index (χ2n) is 3.99. The Morgan fingerprint density at radius 1 is 0.810 bits per heavy atom. The van der Waals surface area contributed by atoms with Crippen LogP contribution in [0.3, 0.4) is 0 Å². The van der Waals surface area contributed by atoms with Gasteiger partial charge in [-0.3, -0.25) is 0 Å². The van der Waals surface area contributed by atoms with E-state index < -0.39 is 52.0 Å². The number of anilines is 2.